The average Bonchev–Trinajstić information content (AvgIpc) is 2.96. The monoisotopic (exact) mass is 342 g/mol. The quantitative estimate of drug-likeness (QED) is 0.752. The van der Waals surface area contributed by atoms with Gasteiger partial charge in [0, 0.05) is 0 Å². The predicted molar refractivity (Wildman–Crippen MR) is 96.5 cm³/mol. The number of aromatic nitrogens is 1. The van der Waals surface area contributed by atoms with Crippen molar-refractivity contribution >= 4 is 32.6 Å². The lowest BCUT2D eigenvalue weighted by atomic mass is 10.1. The number of methoxy groups -OCH3 is 1. The van der Waals surface area contributed by atoms with E-state index in [1.807, 2.05) is 38.1 Å². The van der Waals surface area contributed by atoms with Crippen LogP contribution >= 0.6 is 11.3 Å². The van der Waals surface area contributed by atoms with E-state index in [1.165, 1.54) is 11.3 Å². The number of carbonyl (C=O) groups is 1. The first kappa shape index (κ1) is 16.3. The van der Waals surface area contributed by atoms with E-state index in [0.717, 1.165) is 21.5 Å². The number of thiazole rings is 1. The lowest BCUT2D eigenvalue weighted by Crippen LogP contribution is -2.13. The summed E-state index contributed by atoms with van der Waals surface area (Å²) in [7, 11) is 1.55. The van der Waals surface area contributed by atoms with Gasteiger partial charge in [0.15, 0.2) is 5.13 Å². The van der Waals surface area contributed by atoms with Crippen molar-refractivity contribution in [1.29, 1.82) is 0 Å². The molecule has 1 amide bonds. The summed E-state index contributed by atoms with van der Waals surface area (Å²) in [5, 5.41) is 3.40. The Balaban J connectivity index is 1.86. The van der Waals surface area contributed by atoms with Crippen LogP contribution in [0.3, 0.4) is 0 Å². The van der Waals surface area contributed by atoms with Crippen LogP contribution in [0.2, 0.25) is 0 Å². The van der Waals surface area contributed by atoms with E-state index >= 15 is 0 Å². The Kier molecular flexibility index (Phi) is 4.66. The molecule has 24 heavy (non-hydrogen) atoms. The van der Waals surface area contributed by atoms with Gasteiger partial charge in [-0.3, -0.25) is 10.1 Å². The maximum atomic E-state index is 12.5. The van der Waals surface area contributed by atoms with Crippen LogP contribution in [0, 0.1) is 6.92 Å². The molecule has 124 valence electrons. The summed E-state index contributed by atoms with van der Waals surface area (Å²) < 4.78 is 11.7. The number of nitrogens with zero attached hydrogens (tertiary/aromatic N) is 1. The van der Waals surface area contributed by atoms with Gasteiger partial charge in [0.05, 0.1) is 29.5 Å². The molecule has 1 N–H and O–H groups in total. The molecule has 3 aromatic rings. The summed E-state index contributed by atoms with van der Waals surface area (Å²) in [6.07, 6.45) is 0. The summed E-state index contributed by atoms with van der Waals surface area (Å²) >= 11 is 1.41. The first-order chi connectivity index (χ1) is 11.6. The molecule has 0 spiro atoms. The molecule has 0 unspecified atom stereocenters. The molecule has 0 bridgehead atoms. The van der Waals surface area contributed by atoms with Crippen molar-refractivity contribution < 1.29 is 14.3 Å². The number of ether oxygens (including phenoxy) is 2. The standard InChI is InChI=1S/C18H18N2O3S/c1-4-23-12-6-7-14-16(10-12)24-18(19-14)20-17(21)13-9-11(2)5-8-15(13)22-3/h5-10H,4H2,1-3H3,(H,19,20,21). The molecule has 2 aromatic carbocycles. The van der Waals surface area contributed by atoms with Gasteiger partial charge in [0.2, 0.25) is 0 Å². The number of carbonyl (C=O) groups excluding carboxylic acids is 1. The molecular formula is C18H18N2O3S. The van der Waals surface area contributed by atoms with Crippen LogP contribution in [0.15, 0.2) is 36.4 Å². The van der Waals surface area contributed by atoms with Crippen LogP contribution in [0.5, 0.6) is 11.5 Å². The van der Waals surface area contributed by atoms with E-state index in [2.05, 4.69) is 10.3 Å². The zero-order valence-electron chi connectivity index (χ0n) is 13.8. The summed E-state index contributed by atoms with van der Waals surface area (Å²) in [6, 6.07) is 11.2. The molecule has 0 radical (unpaired) electrons. The highest BCUT2D eigenvalue weighted by Gasteiger charge is 2.15. The van der Waals surface area contributed by atoms with Crippen LogP contribution in [0.25, 0.3) is 10.2 Å². The van der Waals surface area contributed by atoms with Gasteiger partial charge in [0.1, 0.15) is 11.5 Å². The molecule has 0 saturated carbocycles. The fraction of sp³-hybridized carbons (Fsp3) is 0.222. The third-order valence-electron chi connectivity index (χ3n) is 3.49. The van der Waals surface area contributed by atoms with Crippen molar-refractivity contribution in [2.24, 2.45) is 0 Å². The molecule has 3 rings (SSSR count). The van der Waals surface area contributed by atoms with E-state index in [4.69, 9.17) is 9.47 Å². The largest absolute Gasteiger partial charge is 0.496 e. The first-order valence-corrected chi connectivity index (χ1v) is 8.41. The molecule has 0 saturated heterocycles. The minimum atomic E-state index is -0.236. The zero-order valence-corrected chi connectivity index (χ0v) is 14.6. The highest BCUT2D eigenvalue weighted by Crippen LogP contribution is 2.30. The van der Waals surface area contributed by atoms with Gasteiger partial charge in [-0.15, -0.1) is 0 Å². The van der Waals surface area contributed by atoms with Crippen molar-refractivity contribution in [1.82, 2.24) is 4.98 Å². The van der Waals surface area contributed by atoms with Crippen molar-refractivity contribution in [3.05, 3.63) is 47.5 Å². The van der Waals surface area contributed by atoms with Gasteiger partial charge in [-0.1, -0.05) is 23.0 Å². The number of benzene rings is 2. The number of hydrogen-bond donors (Lipinski definition) is 1. The first-order valence-electron chi connectivity index (χ1n) is 7.60. The second-order valence-electron chi connectivity index (χ2n) is 5.24. The molecule has 0 aliphatic heterocycles. The SMILES string of the molecule is CCOc1ccc2nc(NC(=O)c3cc(C)ccc3OC)sc2c1. The number of fused-ring (bicyclic) bond motifs is 1. The highest BCUT2D eigenvalue weighted by atomic mass is 32.1. The molecule has 0 atom stereocenters. The van der Waals surface area contributed by atoms with E-state index in [9.17, 15) is 4.79 Å². The minimum absolute atomic E-state index is 0.236. The molecular weight excluding hydrogens is 324 g/mol. The van der Waals surface area contributed by atoms with Crippen molar-refractivity contribution in [2.75, 3.05) is 19.0 Å². The Hall–Kier alpha value is -2.60. The number of hydrogen-bond acceptors (Lipinski definition) is 5. The maximum absolute atomic E-state index is 12.5. The fourth-order valence-corrected chi connectivity index (χ4v) is 3.27. The maximum Gasteiger partial charge on any atom is 0.261 e. The second-order valence-corrected chi connectivity index (χ2v) is 6.27. The topological polar surface area (TPSA) is 60.5 Å². The van der Waals surface area contributed by atoms with Crippen molar-refractivity contribution in [2.45, 2.75) is 13.8 Å². The molecule has 1 aromatic heterocycles. The molecule has 0 fully saturated rings. The van der Waals surface area contributed by atoms with E-state index in [1.54, 1.807) is 19.2 Å². The average molecular weight is 342 g/mol. The Bertz CT molecular complexity index is 889. The number of nitrogens with one attached hydrogen (secondary N) is 1. The van der Waals surface area contributed by atoms with Gasteiger partial charge in [-0.05, 0) is 44.2 Å². The zero-order chi connectivity index (χ0) is 17.1. The number of rotatable bonds is 5. The lowest BCUT2D eigenvalue weighted by molar-refractivity contribution is 0.102. The summed E-state index contributed by atoms with van der Waals surface area (Å²) in [5.41, 5.74) is 2.31. The van der Waals surface area contributed by atoms with Crippen LogP contribution in [0.4, 0.5) is 5.13 Å². The third-order valence-corrected chi connectivity index (χ3v) is 4.42. The third kappa shape index (κ3) is 3.33. The van der Waals surface area contributed by atoms with Gasteiger partial charge < -0.3 is 9.47 Å². The van der Waals surface area contributed by atoms with Gasteiger partial charge in [-0.2, -0.15) is 0 Å². The van der Waals surface area contributed by atoms with Gasteiger partial charge in [0.25, 0.3) is 5.91 Å². The van der Waals surface area contributed by atoms with E-state index < -0.39 is 0 Å². The molecule has 6 heteroatoms. The van der Waals surface area contributed by atoms with Crippen LogP contribution in [-0.4, -0.2) is 24.6 Å². The Labute approximate surface area is 144 Å². The molecule has 0 aliphatic rings. The van der Waals surface area contributed by atoms with Crippen molar-refractivity contribution in [3.63, 3.8) is 0 Å². The second kappa shape index (κ2) is 6.88. The predicted octanol–water partition coefficient (Wildman–Crippen LogP) is 4.26. The van der Waals surface area contributed by atoms with E-state index in [0.29, 0.717) is 23.1 Å². The molecule has 1 heterocycles. The Morgan fingerprint density at radius 1 is 1.25 bits per heavy atom. The van der Waals surface area contributed by atoms with Crippen LogP contribution < -0.4 is 14.8 Å². The summed E-state index contributed by atoms with van der Waals surface area (Å²) in [6.45, 7) is 4.49. The Morgan fingerprint density at radius 2 is 2.08 bits per heavy atom. The Morgan fingerprint density at radius 3 is 2.83 bits per heavy atom. The smallest absolute Gasteiger partial charge is 0.261 e. The lowest BCUT2D eigenvalue weighted by Gasteiger charge is -2.08. The summed E-state index contributed by atoms with van der Waals surface area (Å²) in [5.74, 6) is 1.10. The van der Waals surface area contributed by atoms with Crippen LogP contribution in [-0.2, 0) is 0 Å². The number of aryl methyl sites for hydroxylation is 1. The fourth-order valence-electron chi connectivity index (χ4n) is 2.38. The van der Waals surface area contributed by atoms with Gasteiger partial charge >= 0.3 is 0 Å². The normalized spacial score (nSPS) is 10.6. The highest BCUT2D eigenvalue weighted by molar-refractivity contribution is 7.22. The number of anilines is 1. The number of amides is 1. The summed E-state index contributed by atoms with van der Waals surface area (Å²) in [4.78, 5) is 17.0. The molecule has 5 nitrogen and oxygen atoms in total. The van der Waals surface area contributed by atoms with E-state index in [-0.39, 0.29) is 5.91 Å². The molecule has 0 aliphatic carbocycles. The van der Waals surface area contributed by atoms with Crippen molar-refractivity contribution in [3.8, 4) is 11.5 Å². The van der Waals surface area contributed by atoms with Crippen LogP contribution in [0.1, 0.15) is 22.8 Å². The van der Waals surface area contributed by atoms with Gasteiger partial charge in [-0.25, -0.2) is 4.98 Å². The minimum Gasteiger partial charge on any atom is -0.496 e.